The Labute approximate surface area is 51.3 Å². The molecule has 2 aliphatic carbocycles. The van der Waals surface area contributed by atoms with E-state index in [2.05, 4.69) is 6.42 Å². The molecular weight excluding hydrogens is 96.1 g/mol. The minimum absolute atomic E-state index is 0.804. The second kappa shape index (κ2) is 1.49. The first-order valence-electron chi connectivity index (χ1n) is 3.76. The van der Waals surface area contributed by atoms with E-state index in [-0.39, 0.29) is 0 Å². The lowest BCUT2D eigenvalue weighted by Gasteiger charge is -2.19. The van der Waals surface area contributed by atoms with E-state index >= 15 is 0 Å². The Balaban J connectivity index is 1.95. The normalized spacial score (nSPS) is 33.0. The Hall–Kier alpha value is 0. The first-order chi connectivity index (χ1) is 3.91. The molecule has 0 aromatic heterocycles. The summed E-state index contributed by atoms with van der Waals surface area (Å²) in [7, 11) is 0. The fourth-order valence-electron chi connectivity index (χ4n) is 1.81. The van der Waals surface area contributed by atoms with E-state index in [0.717, 1.165) is 5.41 Å². The molecule has 2 aliphatic rings. The van der Waals surface area contributed by atoms with Crippen molar-refractivity contribution in [3.63, 3.8) is 0 Å². The Bertz CT molecular complexity index is 82.2. The third kappa shape index (κ3) is 0.667. The van der Waals surface area contributed by atoms with Crippen LogP contribution in [-0.4, -0.2) is 0 Å². The standard InChI is InChI=1S/C8H13/c1-2-4-8(5-3-1)6-7-8/h6H,1-5,7H2. The van der Waals surface area contributed by atoms with E-state index in [1.165, 1.54) is 38.5 Å². The van der Waals surface area contributed by atoms with Crippen LogP contribution in [0.5, 0.6) is 0 Å². The largest absolute Gasteiger partial charge is 0.0533 e. The minimum Gasteiger partial charge on any atom is -0.0533 e. The molecule has 1 spiro atoms. The molecule has 0 nitrogen and oxygen atoms in total. The van der Waals surface area contributed by atoms with Gasteiger partial charge in [0, 0.05) is 0 Å². The van der Waals surface area contributed by atoms with Gasteiger partial charge in [-0.3, -0.25) is 0 Å². The molecule has 1 radical (unpaired) electrons. The smallest absolute Gasteiger partial charge is 0.0263 e. The molecule has 8 heavy (non-hydrogen) atoms. The van der Waals surface area contributed by atoms with Gasteiger partial charge in [-0.1, -0.05) is 19.3 Å². The average molecular weight is 109 g/mol. The van der Waals surface area contributed by atoms with Crippen molar-refractivity contribution in [1.82, 2.24) is 0 Å². The van der Waals surface area contributed by atoms with Crippen LogP contribution in [0.4, 0.5) is 0 Å². The molecule has 0 aliphatic heterocycles. The Morgan fingerprint density at radius 3 is 2.00 bits per heavy atom. The topological polar surface area (TPSA) is 0 Å². The summed E-state index contributed by atoms with van der Waals surface area (Å²) in [5.41, 5.74) is 0.804. The highest BCUT2D eigenvalue weighted by molar-refractivity contribution is 5.10. The zero-order valence-corrected chi connectivity index (χ0v) is 5.32. The molecule has 2 saturated carbocycles. The van der Waals surface area contributed by atoms with Crippen LogP contribution < -0.4 is 0 Å². The summed E-state index contributed by atoms with van der Waals surface area (Å²) in [6.45, 7) is 0. The number of rotatable bonds is 0. The zero-order valence-electron chi connectivity index (χ0n) is 5.32. The summed E-state index contributed by atoms with van der Waals surface area (Å²) >= 11 is 0. The average Bonchev–Trinajstić information content (AvgIpc) is 2.52. The van der Waals surface area contributed by atoms with Crippen LogP contribution in [0.2, 0.25) is 0 Å². The fourth-order valence-corrected chi connectivity index (χ4v) is 1.81. The Kier molecular flexibility index (Phi) is 0.902. The van der Waals surface area contributed by atoms with Gasteiger partial charge >= 0.3 is 0 Å². The molecule has 0 N–H and O–H groups in total. The Morgan fingerprint density at radius 1 is 1.00 bits per heavy atom. The molecule has 0 aromatic carbocycles. The molecule has 0 unspecified atom stereocenters. The van der Waals surface area contributed by atoms with Crippen molar-refractivity contribution in [1.29, 1.82) is 0 Å². The fraction of sp³-hybridized carbons (Fsp3) is 0.875. The highest BCUT2D eigenvalue weighted by Crippen LogP contribution is 2.54. The molecule has 45 valence electrons. The van der Waals surface area contributed by atoms with Gasteiger partial charge in [-0.15, -0.1) is 0 Å². The summed E-state index contributed by atoms with van der Waals surface area (Å²) in [6, 6.07) is 0. The third-order valence-corrected chi connectivity index (χ3v) is 2.63. The van der Waals surface area contributed by atoms with Gasteiger partial charge in [0.1, 0.15) is 0 Å². The molecule has 2 rings (SSSR count). The van der Waals surface area contributed by atoms with Gasteiger partial charge < -0.3 is 0 Å². The predicted octanol–water partition coefficient (Wildman–Crippen LogP) is 2.54. The van der Waals surface area contributed by atoms with Gasteiger partial charge in [0.15, 0.2) is 0 Å². The van der Waals surface area contributed by atoms with Crippen LogP contribution in [0.1, 0.15) is 38.5 Å². The minimum atomic E-state index is 0.804. The highest BCUT2D eigenvalue weighted by Gasteiger charge is 2.42. The van der Waals surface area contributed by atoms with Crippen LogP contribution in [0.3, 0.4) is 0 Å². The van der Waals surface area contributed by atoms with E-state index in [4.69, 9.17) is 0 Å². The van der Waals surface area contributed by atoms with Gasteiger partial charge in [-0.25, -0.2) is 0 Å². The van der Waals surface area contributed by atoms with Crippen LogP contribution >= 0.6 is 0 Å². The van der Waals surface area contributed by atoms with Crippen LogP contribution in [0.25, 0.3) is 0 Å². The van der Waals surface area contributed by atoms with Crippen LogP contribution in [0.15, 0.2) is 0 Å². The summed E-state index contributed by atoms with van der Waals surface area (Å²) in [5.74, 6) is 0. The zero-order chi connectivity index (χ0) is 5.45. The van der Waals surface area contributed by atoms with Crippen molar-refractivity contribution in [2.45, 2.75) is 38.5 Å². The molecule has 0 saturated heterocycles. The predicted molar refractivity (Wildman–Crippen MR) is 34.4 cm³/mol. The van der Waals surface area contributed by atoms with Gasteiger partial charge in [-0.2, -0.15) is 0 Å². The lowest BCUT2D eigenvalue weighted by atomic mass is 9.87. The van der Waals surface area contributed by atoms with Gasteiger partial charge in [0.05, 0.1) is 0 Å². The van der Waals surface area contributed by atoms with Crippen molar-refractivity contribution < 1.29 is 0 Å². The van der Waals surface area contributed by atoms with Gasteiger partial charge in [0.2, 0.25) is 0 Å². The summed E-state index contributed by atoms with van der Waals surface area (Å²) in [4.78, 5) is 0. The summed E-state index contributed by atoms with van der Waals surface area (Å²) in [6.07, 6.45) is 11.4. The number of hydrogen-bond acceptors (Lipinski definition) is 0. The van der Waals surface area contributed by atoms with Gasteiger partial charge in [-0.05, 0) is 31.1 Å². The number of hydrogen-bond donors (Lipinski definition) is 0. The maximum absolute atomic E-state index is 2.51. The molecule has 0 aromatic rings. The van der Waals surface area contributed by atoms with Crippen LogP contribution in [0, 0.1) is 11.8 Å². The third-order valence-electron chi connectivity index (χ3n) is 2.63. The first-order valence-corrected chi connectivity index (χ1v) is 3.76. The van der Waals surface area contributed by atoms with Crippen molar-refractivity contribution in [2.75, 3.05) is 0 Å². The second-order valence-corrected chi connectivity index (χ2v) is 3.33. The lowest BCUT2D eigenvalue weighted by Crippen LogP contribution is -2.05. The van der Waals surface area contributed by atoms with Crippen molar-refractivity contribution in [2.24, 2.45) is 5.41 Å². The lowest BCUT2D eigenvalue weighted by molar-refractivity contribution is 0.352. The monoisotopic (exact) mass is 109 g/mol. The first kappa shape index (κ1) is 4.84. The van der Waals surface area contributed by atoms with E-state index in [9.17, 15) is 0 Å². The van der Waals surface area contributed by atoms with Crippen molar-refractivity contribution >= 4 is 0 Å². The van der Waals surface area contributed by atoms with Gasteiger partial charge in [0.25, 0.3) is 0 Å². The van der Waals surface area contributed by atoms with Crippen LogP contribution in [-0.2, 0) is 0 Å². The van der Waals surface area contributed by atoms with E-state index in [1.807, 2.05) is 0 Å². The SMILES string of the molecule is [CH]1CC12CCCCC2. The van der Waals surface area contributed by atoms with Crippen molar-refractivity contribution in [3.05, 3.63) is 6.42 Å². The summed E-state index contributed by atoms with van der Waals surface area (Å²) < 4.78 is 0. The Morgan fingerprint density at radius 2 is 1.62 bits per heavy atom. The van der Waals surface area contributed by atoms with E-state index in [1.54, 1.807) is 0 Å². The molecule has 0 amide bonds. The van der Waals surface area contributed by atoms with E-state index in [0.29, 0.717) is 0 Å². The van der Waals surface area contributed by atoms with E-state index < -0.39 is 0 Å². The summed E-state index contributed by atoms with van der Waals surface area (Å²) in [5, 5.41) is 0. The quantitative estimate of drug-likeness (QED) is 0.448. The molecule has 0 bridgehead atoms. The molecule has 0 heterocycles. The second-order valence-electron chi connectivity index (χ2n) is 3.33. The molecular formula is C8H13. The molecule has 0 heteroatoms. The highest BCUT2D eigenvalue weighted by atomic mass is 14.5. The van der Waals surface area contributed by atoms with Crippen molar-refractivity contribution in [3.8, 4) is 0 Å². The maximum Gasteiger partial charge on any atom is -0.0263 e. The molecule has 2 fully saturated rings. The molecule has 0 atom stereocenters. The maximum atomic E-state index is 2.51.